The summed E-state index contributed by atoms with van der Waals surface area (Å²) in [5.74, 6) is -0.00980. The van der Waals surface area contributed by atoms with Crippen LogP contribution >= 0.6 is 0 Å². The normalized spacial score (nSPS) is 13.8. The van der Waals surface area contributed by atoms with Crippen LogP contribution in [0.4, 0.5) is 0 Å². The molecule has 148 valence electrons. The third-order valence-corrected chi connectivity index (χ3v) is 4.99. The molecule has 0 fully saturated rings. The van der Waals surface area contributed by atoms with Gasteiger partial charge in [-0.25, -0.2) is 4.98 Å². The highest BCUT2D eigenvalue weighted by Crippen LogP contribution is 2.30. The lowest BCUT2D eigenvalue weighted by atomic mass is 10.0. The number of carbonyl (C=O) groups is 1. The second-order valence-corrected chi connectivity index (χ2v) is 6.85. The largest absolute Gasteiger partial charge is 0.451 e. The van der Waals surface area contributed by atoms with E-state index in [2.05, 4.69) is 10.1 Å². The maximum absolute atomic E-state index is 13.1. The van der Waals surface area contributed by atoms with Crippen molar-refractivity contribution < 1.29 is 13.9 Å². The molecule has 9 heteroatoms. The zero-order chi connectivity index (χ0) is 19.7. The van der Waals surface area contributed by atoms with Gasteiger partial charge < -0.3 is 14.1 Å². The van der Waals surface area contributed by atoms with Crippen LogP contribution in [0.5, 0.6) is 0 Å². The molecule has 0 aliphatic carbocycles. The molecule has 0 unspecified atom stereocenters. The van der Waals surface area contributed by atoms with Crippen LogP contribution in [0.15, 0.2) is 23.3 Å². The molecule has 0 saturated heterocycles. The van der Waals surface area contributed by atoms with Gasteiger partial charge in [0.25, 0.3) is 5.91 Å². The highest BCUT2D eigenvalue weighted by molar-refractivity contribution is 5.95. The van der Waals surface area contributed by atoms with E-state index in [1.54, 1.807) is 17.1 Å². The van der Waals surface area contributed by atoms with Crippen molar-refractivity contribution in [2.24, 2.45) is 7.05 Å². The number of ether oxygens (including phenoxy) is 1. The van der Waals surface area contributed by atoms with Crippen LogP contribution in [-0.4, -0.2) is 55.1 Å². The number of hydrogen-bond acceptors (Lipinski definition) is 6. The van der Waals surface area contributed by atoms with E-state index in [1.165, 1.54) is 6.39 Å². The van der Waals surface area contributed by atoms with Gasteiger partial charge in [0.2, 0.25) is 0 Å². The summed E-state index contributed by atoms with van der Waals surface area (Å²) >= 11 is 0. The Morgan fingerprint density at radius 3 is 2.89 bits per heavy atom. The molecule has 9 nitrogen and oxygen atoms in total. The molecule has 0 N–H and O–H groups in total. The average Bonchev–Trinajstić information content (AvgIpc) is 3.40. The van der Waals surface area contributed by atoms with Gasteiger partial charge in [-0.1, -0.05) is 0 Å². The Balaban J connectivity index is 1.64. The number of carbonyl (C=O) groups excluding carboxylic acids is 1. The second-order valence-electron chi connectivity index (χ2n) is 6.85. The van der Waals surface area contributed by atoms with E-state index in [-0.39, 0.29) is 5.91 Å². The van der Waals surface area contributed by atoms with Crippen molar-refractivity contribution in [2.75, 3.05) is 19.8 Å². The highest BCUT2D eigenvalue weighted by Gasteiger charge is 2.30. The SMILES string of the molecule is CCOCCn1nc(-c2cocn2)c2c1CCN(C(=O)c1cn(C)nc1C)C2. The van der Waals surface area contributed by atoms with Crippen molar-refractivity contribution in [1.29, 1.82) is 0 Å². The first-order valence-electron chi connectivity index (χ1n) is 9.42. The molecule has 3 aromatic rings. The number of rotatable bonds is 6. The average molecular weight is 384 g/mol. The van der Waals surface area contributed by atoms with E-state index in [0.29, 0.717) is 44.1 Å². The molecule has 0 atom stereocenters. The first-order valence-corrected chi connectivity index (χ1v) is 9.42. The van der Waals surface area contributed by atoms with Crippen molar-refractivity contribution >= 4 is 5.91 Å². The standard InChI is InChI=1S/C19H24N6O3/c1-4-27-8-7-25-17-5-6-24(19(26)14-9-23(3)21-13(14)2)10-15(17)18(22-25)16-11-28-12-20-16/h9,11-12H,4-8,10H2,1-3H3. The number of nitrogens with zero attached hydrogens (tertiary/aromatic N) is 6. The molecular weight excluding hydrogens is 360 g/mol. The Bertz CT molecular complexity index is 972. The van der Waals surface area contributed by atoms with Gasteiger partial charge in [-0.3, -0.25) is 14.2 Å². The Morgan fingerprint density at radius 1 is 1.36 bits per heavy atom. The smallest absolute Gasteiger partial charge is 0.257 e. The molecular formula is C19H24N6O3. The minimum absolute atomic E-state index is 0.00980. The minimum atomic E-state index is -0.00980. The number of fused-ring (bicyclic) bond motifs is 1. The quantitative estimate of drug-likeness (QED) is 0.602. The van der Waals surface area contributed by atoms with Crippen LogP contribution in [0, 0.1) is 6.92 Å². The van der Waals surface area contributed by atoms with Crippen LogP contribution < -0.4 is 0 Å². The molecule has 0 radical (unpaired) electrons. The van der Waals surface area contributed by atoms with Crippen LogP contribution in [0.1, 0.15) is 34.2 Å². The van der Waals surface area contributed by atoms with Crippen LogP contribution in [0.3, 0.4) is 0 Å². The van der Waals surface area contributed by atoms with Crippen molar-refractivity contribution in [2.45, 2.75) is 33.4 Å². The number of amides is 1. The summed E-state index contributed by atoms with van der Waals surface area (Å²) in [5, 5.41) is 9.05. The molecule has 4 heterocycles. The topological polar surface area (TPSA) is 91.2 Å². The Kier molecular flexibility index (Phi) is 4.99. The maximum Gasteiger partial charge on any atom is 0.257 e. The first-order chi connectivity index (χ1) is 13.6. The lowest BCUT2D eigenvalue weighted by Crippen LogP contribution is -2.36. The van der Waals surface area contributed by atoms with Crippen molar-refractivity contribution in [3.63, 3.8) is 0 Å². The third kappa shape index (κ3) is 3.33. The van der Waals surface area contributed by atoms with E-state index < -0.39 is 0 Å². The van der Waals surface area contributed by atoms with Gasteiger partial charge in [0, 0.05) is 44.1 Å². The first kappa shape index (κ1) is 18.4. The Hall–Kier alpha value is -2.94. The second kappa shape index (κ2) is 7.59. The summed E-state index contributed by atoms with van der Waals surface area (Å²) in [5.41, 5.74) is 4.97. The molecule has 1 amide bonds. The lowest BCUT2D eigenvalue weighted by Gasteiger charge is -2.27. The fourth-order valence-corrected chi connectivity index (χ4v) is 3.66. The van der Waals surface area contributed by atoms with E-state index in [9.17, 15) is 4.79 Å². The highest BCUT2D eigenvalue weighted by atomic mass is 16.5. The van der Waals surface area contributed by atoms with E-state index in [0.717, 1.165) is 29.1 Å². The molecule has 28 heavy (non-hydrogen) atoms. The van der Waals surface area contributed by atoms with E-state index >= 15 is 0 Å². The molecule has 1 aliphatic heterocycles. The zero-order valence-corrected chi connectivity index (χ0v) is 16.4. The molecule has 3 aromatic heterocycles. The summed E-state index contributed by atoms with van der Waals surface area (Å²) in [6, 6.07) is 0. The van der Waals surface area contributed by atoms with Gasteiger partial charge in [0.05, 0.1) is 31.0 Å². The molecule has 0 saturated carbocycles. The predicted molar refractivity (Wildman–Crippen MR) is 101 cm³/mol. The van der Waals surface area contributed by atoms with Gasteiger partial charge in [-0.05, 0) is 13.8 Å². The Morgan fingerprint density at radius 2 is 2.21 bits per heavy atom. The summed E-state index contributed by atoms with van der Waals surface area (Å²) in [6.45, 7) is 6.90. The minimum Gasteiger partial charge on any atom is -0.451 e. The van der Waals surface area contributed by atoms with Crippen LogP contribution in [0.25, 0.3) is 11.4 Å². The van der Waals surface area contributed by atoms with Crippen molar-refractivity contribution in [3.05, 3.63) is 41.4 Å². The monoisotopic (exact) mass is 384 g/mol. The summed E-state index contributed by atoms with van der Waals surface area (Å²) < 4.78 is 14.3. The van der Waals surface area contributed by atoms with Gasteiger partial charge in [-0.2, -0.15) is 10.2 Å². The van der Waals surface area contributed by atoms with Crippen LogP contribution in [0.2, 0.25) is 0 Å². The van der Waals surface area contributed by atoms with Crippen molar-refractivity contribution in [3.8, 4) is 11.4 Å². The summed E-state index contributed by atoms with van der Waals surface area (Å²) in [7, 11) is 1.82. The predicted octanol–water partition coefficient (Wildman–Crippen LogP) is 1.82. The zero-order valence-electron chi connectivity index (χ0n) is 16.4. The van der Waals surface area contributed by atoms with Crippen molar-refractivity contribution in [1.82, 2.24) is 29.4 Å². The third-order valence-electron chi connectivity index (χ3n) is 4.99. The molecule has 1 aliphatic rings. The molecule has 4 rings (SSSR count). The molecule has 0 aromatic carbocycles. The summed E-state index contributed by atoms with van der Waals surface area (Å²) in [6.07, 6.45) is 5.49. The van der Waals surface area contributed by atoms with E-state index in [4.69, 9.17) is 14.3 Å². The number of hydrogen-bond donors (Lipinski definition) is 0. The van der Waals surface area contributed by atoms with Gasteiger partial charge in [0.1, 0.15) is 17.7 Å². The Labute approximate surface area is 162 Å². The fraction of sp³-hybridized carbons (Fsp3) is 0.474. The van der Waals surface area contributed by atoms with Gasteiger partial charge in [-0.15, -0.1) is 0 Å². The fourth-order valence-electron chi connectivity index (χ4n) is 3.66. The summed E-state index contributed by atoms with van der Waals surface area (Å²) in [4.78, 5) is 19.2. The molecule has 0 spiro atoms. The maximum atomic E-state index is 13.1. The number of oxazole rings is 1. The van der Waals surface area contributed by atoms with Crippen LogP contribution in [-0.2, 0) is 31.3 Å². The van der Waals surface area contributed by atoms with Gasteiger partial charge in [0.15, 0.2) is 6.39 Å². The van der Waals surface area contributed by atoms with Gasteiger partial charge >= 0.3 is 0 Å². The number of aromatic nitrogens is 5. The van der Waals surface area contributed by atoms with E-state index in [1.807, 2.05) is 30.5 Å². The lowest BCUT2D eigenvalue weighted by molar-refractivity contribution is 0.0731. The molecule has 0 bridgehead atoms. The number of aryl methyl sites for hydroxylation is 2.